The van der Waals surface area contributed by atoms with Crippen LogP contribution >= 0.6 is 0 Å². The van der Waals surface area contributed by atoms with Crippen LogP contribution in [0.25, 0.3) is 0 Å². The summed E-state index contributed by atoms with van der Waals surface area (Å²) in [6.07, 6.45) is 1.30. The van der Waals surface area contributed by atoms with Gasteiger partial charge in [0.05, 0.1) is 6.21 Å². The third-order valence-corrected chi connectivity index (χ3v) is 0.751. The molecule has 0 rings (SSSR count). The first-order valence-corrected chi connectivity index (χ1v) is 3.51. The number of amides is 2. The zero-order chi connectivity index (χ0) is 9.61. The molecule has 4 heteroatoms. The van der Waals surface area contributed by atoms with Gasteiger partial charge >= 0.3 is 6.03 Å². The molecule has 0 radical (unpaired) electrons. The molecule has 0 aliphatic rings. The molecular weight excluding hydrogens is 154 g/mol. The van der Waals surface area contributed by atoms with Crippen molar-refractivity contribution in [3.63, 3.8) is 0 Å². The fourth-order valence-corrected chi connectivity index (χ4v) is 0.377. The number of rotatable bonds is 1. The van der Waals surface area contributed by atoms with E-state index in [9.17, 15) is 4.79 Å². The quantitative estimate of drug-likeness (QED) is 0.337. The first-order chi connectivity index (χ1) is 5.42. The van der Waals surface area contributed by atoms with Gasteiger partial charge in [-0.1, -0.05) is 11.8 Å². The van der Waals surface area contributed by atoms with Gasteiger partial charge in [0, 0.05) is 5.41 Å². The summed E-state index contributed by atoms with van der Waals surface area (Å²) >= 11 is 0. The van der Waals surface area contributed by atoms with Gasteiger partial charge in [-0.05, 0) is 20.8 Å². The number of hydrazone groups is 1. The molecule has 2 amide bonds. The van der Waals surface area contributed by atoms with Crippen molar-refractivity contribution in [2.75, 3.05) is 0 Å². The summed E-state index contributed by atoms with van der Waals surface area (Å²) in [6.45, 7) is 5.94. The van der Waals surface area contributed by atoms with Crippen LogP contribution in [0.1, 0.15) is 20.8 Å². The number of carbonyl (C=O) groups is 1. The van der Waals surface area contributed by atoms with Gasteiger partial charge in [0.2, 0.25) is 0 Å². The van der Waals surface area contributed by atoms with E-state index >= 15 is 0 Å². The van der Waals surface area contributed by atoms with E-state index in [0.29, 0.717) is 0 Å². The minimum Gasteiger partial charge on any atom is -0.350 e. The molecule has 0 aromatic heterocycles. The molecule has 0 atom stereocenters. The van der Waals surface area contributed by atoms with Gasteiger partial charge in [-0.25, -0.2) is 10.2 Å². The zero-order valence-electron chi connectivity index (χ0n) is 7.51. The van der Waals surface area contributed by atoms with Crippen molar-refractivity contribution in [3.05, 3.63) is 0 Å². The van der Waals surface area contributed by atoms with Gasteiger partial charge < -0.3 is 5.73 Å². The highest BCUT2D eigenvalue weighted by Crippen LogP contribution is 2.09. The van der Waals surface area contributed by atoms with Crippen LogP contribution in [-0.2, 0) is 0 Å². The van der Waals surface area contributed by atoms with Crippen molar-refractivity contribution < 1.29 is 4.79 Å². The van der Waals surface area contributed by atoms with Gasteiger partial charge in [0.1, 0.15) is 0 Å². The molecule has 0 aliphatic carbocycles. The number of carbonyl (C=O) groups excluding carboxylic acids is 1. The van der Waals surface area contributed by atoms with E-state index in [0.717, 1.165) is 0 Å². The van der Waals surface area contributed by atoms with E-state index in [4.69, 9.17) is 5.73 Å². The molecule has 0 unspecified atom stereocenters. The molecular formula is C8H13N3O. The Kier molecular flexibility index (Phi) is 3.84. The molecule has 0 aliphatic heterocycles. The smallest absolute Gasteiger partial charge is 0.332 e. The molecule has 12 heavy (non-hydrogen) atoms. The predicted octanol–water partition coefficient (Wildman–Crippen LogP) is 0.690. The second kappa shape index (κ2) is 4.39. The Labute approximate surface area is 72.2 Å². The van der Waals surface area contributed by atoms with Gasteiger partial charge in [-0.2, -0.15) is 5.10 Å². The lowest BCUT2D eigenvalue weighted by Gasteiger charge is -2.05. The Morgan fingerprint density at radius 3 is 2.58 bits per heavy atom. The van der Waals surface area contributed by atoms with Gasteiger partial charge in [-0.3, -0.25) is 0 Å². The average molecular weight is 167 g/mol. The highest BCUT2D eigenvalue weighted by molar-refractivity contribution is 5.80. The van der Waals surface area contributed by atoms with Crippen LogP contribution in [0.15, 0.2) is 5.10 Å². The summed E-state index contributed by atoms with van der Waals surface area (Å²) in [5.41, 5.74) is 6.73. The van der Waals surface area contributed by atoms with Crippen molar-refractivity contribution in [1.82, 2.24) is 5.43 Å². The Balaban J connectivity index is 3.86. The van der Waals surface area contributed by atoms with E-state index in [1.54, 1.807) is 0 Å². The second-order valence-electron chi connectivity index (χ2n) is 3.25. The predicted molar refractivity (Wildman–Crippen MR) is 48.4 cm³/mol. The Morgan fingerprint density at radius 1 is 1.58 bits per heavy atom. The Morgan fingerprint density at radius 2 is 2.17 bits per heavy atom. The SMILES string of the molecule is CC(C)(C)C#C/C=N/NC(N)=O. The van der Waals surface area contributed by atoms with Crippen molar-refractivity contribution in [2.24, 2.45) is 16.3 Å². The van der Waals surface area contributed by atoms with E-state index < -0.39 is 6.03 Å². The normalized spacial score (nSPS) is 10.6. The molecule has 0 aromatic rings. The highest BCUT2D eigenvalue weighted by Gasteiger charge is 2.02. The maximum Gasteiger partial charge on any atom is 0.332 e. The number of nitrogens with one attached hydrogen (secondary N) is 1. The maximum atomic E-state index is 10.1. The molecule has 66 valence electrons. The molecule has 0 bridgehead atoms. The molecule has 0 saturated heterocycles. The van der Waals surface area contributed by atoms with Crippen molar-refractivity contribution in [3.8, 4) is 11.8 Å². The number of hydrogen-bond acceptors (Lipinski definition) is 2. The minimum atomic E-state index is -0.691. The van der Waals surface area contributed by atoms with Gasteiger partial charge in [0.25, 0.3) is 0 Å². The molecule has 0 heterocycles. The third kappa shape index (κ3) is 8.50. The lowest BCUT2D eigenvalue weighted by atomic mass is 9.98. The van der Waals surface area contributed by atoms with E-state index in [2.05, 4.69) is 16.9 Å². The van der Waals surface area contributed by atoms with Crippen LogP contribution in [0.2, 0.25) is 0 Å². The molecule has 4 nitrogen and oxygen atoms in total. The standard InChI is InChI=1S/C8H13N3O/c1-8(2,3)5-4-6-10-11-7(9)12/h6H,1-3H3,(H3,9,11,12)/b10-6+. The minimum absolute atomic E-state index is 0.0568. The summed E-state index contributed by atoms with van der Waals surface area (Å²) < 4.78 is 0. The third-order valence-electron chi connectivity index (χ3n) is 0.751. The summed E-state index contributed by atoms with van der Waals surface area (Å²) in [5.74, 6) is 5.57. The highest BCUT2D eigenvalue weighted by atomic mass is 16.2. The molecule has 0 aromatic carbocycles. The summed E-state index contributed by atoms with van der Waals surface area (Å²) in [5, 5.41) is 3.45. The average Bonchev–Trinajstić information content (AvgIpc) is 1.83. The fourth-order valence-electron chi connectivity index (χ4n) is 0.377. The van der Waals surface area contributed by atoms with E-state index in [1.807, 2.05) is 26.2 Å². The van der Waals surface area contributed by atoms with Gasteiger partial charge in [0.15, 0.2) is 0 Å². The number of nitrogens with two attached hydrogens (primary N) is 1. The second-order valence-corrected chi connectivity index (χ2v) is 3.25. The first kappa shape index (κ1) is 10.5. The van der Waals surface area contributed by atoms with E-state index in [-0.39, 0.29) is 5.41 Å². The number of hydrogen-bond donors (Lipinski definition) is 2. The van der Waals surface area contributed by atoms with Crippen LogP contribution in [0.3, 0.4) is 0 Å². The van der Waals surface area contributed by atoms with Crippen LogP contribution in [-0.4, -0.2) is 12.2 Å². The van der Waals surface area contributed by atoms with Crippen LogP contribution in [0.4, 0.5) is 4.79 Å². The van der Waals surface area contributed by atoms with Crippen molar-refractivity contribution >= 4 is 12.2 Å². The lowest BCUT2D eigenvalue weighted by molar-refractivity contribution is 0.249. The first-order valence-electron chi connectivity index (χ1n) is 3.51. The van der Waals surface area contributed by atoms with Crippen LogP contribution in [0, 0.1) is 17.3 Å². The summed E-state index contributed by atoms with van der Waals surface area (Å²) in [6, 6.07) is -0.691. The Hall–Kier alpha value is -1.50. The number of nitrogens with zero attached hydrogens (tertiary/aromatic N) is 1. The topological polar surface area (TPSA) is 67.5 Å². The summed E-state index contributed by atoms with van der Waals surface area (Å²) in [4.78, 5) is 10.1. The van der Waals surface area contributed by atoms with Crippen LogP contribution in [0.5, 0.6) is 0 Å². The largest absolute Gasteiger partial charge is 0.350 e. The maximum absolute atomic E-state index is 10.1. The lowest BCUT2D eigenvalue weighted by Crippen LogP contribution is -2.24. The molecule has 0 fully saturated rings. The number of primary amides is 1. The monoisotopic (exact) mass is 167 g/mol. The zero-order valence-corrected chi connectivity index (χ0v) is 7.51. The van der Waals surface area contributed by atoms with Crippen LogP contribution < -0.4 is 11.2 Å². The molecule has 3 N–H and O–H groups in total. The van der Waals surface area contributed by atoms with Crippen molar-refractivity contribution in [2.45, 2.75) is 20.8 Å². The summed E-state index contributed by atoms with van der Waals surface area (Å²) in [7, 11) is 0. The molecule has 0 saturated carbocycles. The fraction of sp³-hybridized carbons (Fsp3) is 0.500. The Bertz CT molecular complexity index is 239. The number of urea groups is 1. The molecule has 0 spiro atoms. The van der Waals surface area contributed by atoms with Crippen molar-refractivity contribution in [1.29, 1.82) is 0 Å². The van der Waals surface area contributed by atoms with Gasteiger partial charge in [-0.15, -0.1) is 0 Å². The van der Waals surface area contributed by atoms with E-state index in [1.165, 1.54) is 6.21 Å².